The lowest BCUT2D eigenvalue weighted by Crippen LogP contribution is -2.45. The van der Waals surface area contributed by atoms with Crippen LogP contribution in [0.25, 0.3) is 11.4 Å². The molecule has 0 spiro atoms. The summed E-state index contributed by atoms with van der Waals surface area (Å²) in [4.78, 5) is 42.8. The third kappa shape index (κ3) is 6.80. The Kier molecular flexibility index (Phi) is 7.82. The number of ether oxygens (including phenoxy) is 2. The van der Waals surface area contributed by atoms with Crippen LogP contribution in [-0.2, 0) is 25.5 Å². The Morgan fingerprint density at radius 3 is 2.60 bits per heavy atom. The van der Waals surface area contributed by atoms with Gasteiger partial charge < -0.3 is 24.2 Å². The predicted octanol–water partition coefficient (Wildman–Crippen LogP) is 4.33. The Morgan fingerprint density at radius 2 is 1.97 bits per heavy atom. The van der Waals surface area contributed by atoms with E-state index in [-0.39, 0.29) is 42.9 Å². The maximum Gasteiger partial charge on any atom is 0.407 e. The largest absolute Gasteiger partial charge is 0.460 e. The van der Waals surface area contributed by atoms with Crippen molar-refractivity contribution in [2.45, 2.75) is 91.5 Å². The predicted molar refractivity (Wildman–Crippen MR) is 129 cm³/mol. The third-order valence-corrected chi connectivity index (χ3v) is 5.34. The van der Waals surface area contributed by atoms with Gasteiger partial charge in [0.05, 0.1) is 18.6 Å². The number of aryl methyl sites for hydroxylation is 1. The number of esters is 1. The Hall–Kier alpha value is -3.43. The van der Waals surface area contributed by atoms with Gasteiger partial charge in [-0.25, -0.2) is 4.79 Å². The van der Waals surface area contributed by atoms with Crippen LogP contribution in [-0.4, -0.2) is 45.9 Å². The molecule has 3 rings (SSSR count). The molecule has 1 aliphatic heterocycles. The lowest BCUT2D eigenvalue weighted by atomic mass is 9.90. The van der Waals surface area contributed by atoms with Gasteiger partial charge in [0.15, 0.2) is 0 Å². The van der Waals surface area contributed by atoms with Crippen molar-refractivity contribution in [3.63, 3.8) is 0 Å². The van der Waals surface area contributed by atoms with Crippen LogP contribution in [0.2, 0.25) is 0 Å². The molecular weight excluding hydrogens is 452 g/mol. The Morgan fingerprint density at radius 1 is 1.26 bits per heavy atom. The lowest BCUT2D eigenvalue weighted by molar-refractivity contribution is -0.154. The van der Waals surface area contributed by atoms with Crippen molar-refractivity contribution in [2.24, 2.45) is 0 Å². The average molecular weight is 487 g/mol. The minimum Gasteiger partial charge on any atom is -0.460 e. The summed E-state index contributed by atoms with van der Waals surface area (Å²) in [5.41, 5.74) is 1.58. The zero-order valence-corrected chi connectivity index (χ0v) is 21.4. The van der Waals surface area contributed by atoms with E-state index in [1.165, 1.54) is 6.92 Å². The minimum absolute atomic E-state index is 0.0845. The molecule has 2 heterocycles. The summed E-state index contributed by atoms with van der Waals surface area (Å²) in [5.74, 6) is 0.242. The summed E-state index contributed by atoms with van der Waals surface area (Å²) in [7, 11) is 0. The van der Waals surface area contributed by atoms with E-state index in [9.17, 15) is 14.4 Å². The molecule has 1 aromatic carbocycles. The maximum atomic E-state index is 12.4. The third-order valence-electron chi connectivity index (χ3n) is 5.34. The average Bonchev–Trinajstić information content (AvgIpc) is 3.19. The molecule has 0 bridgehead atoms. The number of amides is 2. The highest BCUT2D eigenvalue weighted by Crippen LogP contribution is 2.39. The summed E-state index contributed by atoms with van der Waals surface area (Å²) in [5, 5.41) is 6.97. The van der Waals surface area contributed by atoms with Gasteiger partial charge in [0, 0.05) is 30.6 Å². The number of nitrogens with zero attached hydrogens (tertiary/aromatic N) is 3. The van der Waals surface area contributed by atoms with Gasteiger partial charge in [0.1, 0.15) is 5.60 Å². The quantitative estimate of drug-likeness (QED) is 0.598. The van der Waals surface area contributed by atoms with Crippen LogP contribution in [0.3, 0.4) is 0 Å². The highest BCUT2D eigenvalue weighted by atomic mass is 16.6. The van der Waals surface area contributed by atoms with Crippen molar-refractivity contribution in [1.82, 2.24) is 15.5 Å². The van der Waals surface area contributed by atoms with Crippen molar-refractivity contribution in [2.75, 3.05) is 4.90 Å². The number of hydrogen-bond donors (Lipinski definition) is 1. The van der Waals surface area contributed by atoms with E-state index >= 15 is 0 Å². The van der Waals surface area contributed by atoms with Crippen LogP contribution in [0.5, 0.6) is 0 Å². The summed E-state index contributed by atoms with van der Waals surface area (Å²) >= 11 is 0. The first kappa shape index (κ1) is 26.2. The molecule has 1 N–H and O–H groups in total. The normalized spacial score (nSPS) is 17.7. The van der Waals surface area contributed by atoms with E-state index in [0.717, 1.165) is 5.56 Å². The molecular formula is C25H34N4O6. The molecule has 190 valence electrons. The van der Waals surface area contributed by atoms with Gasteiger partial charge in [0.2, 0.25) is 17.6 Å². The Labute approximate surface area is 205 Å². The standard InChI is InChI=1S/C25H34N4O6/c1-14(2)33-24(32)26-19-12-15(3)29(16(4)30)20-9-8-17(13-18(19)20)23-27-21(35-28-23)10-11-22(31)34-25(5,6)7/h8-9,13-15,19H,10-12H2,1-7H3,(H,26,32)/t15-,19+/m0/s1. The second kappa shape index (κ2) is 10.5. The molecule has 2 aromatic rings. The van der Waals surface area contributed by atoms with Gasteiger partial charge in [-0.05, 0) is 71.7 Å². The molecule has 0 fully saturated rings. The van der Waals surface area contributed by atoms with Crippen molar-refractivity contribution in [3.05, 3.63) is 29.7 Å². The smallest absolute Gasteiger partial charge is 0.407 e. The fourth-order valence-electron chi connectivity index (χ4n) is 4.09. The summed E-state index contributed by atoms with van der Waals surface area (Å²) in [6.45, 7) is 12.5. The monoisotopic (exact) mass is 486 g/mol. The molecule has 0 unspecified atom stereocenters. The van der Waals surface area contributed by atoms with Crippen LogP contribution >= 0.6 is 0 Å². The summed E-state index contributed by atoms with van der Waals surface area (Å²) < 4.78 is 15.9. The molecule has 10 heteroatoms. The number of fused-ring (bicyclic) bond motifs is 1. The van der Waals surface area contributed by atoms with Crippen molar-refractivity contribution >= 4 is 23.7 Å². The molecule has 10 nitrogen and oxygen atoms in total. The fraction of sp³-hybridized carbons (Fsp3) is 0.560. The van der Waals surface area contributed by atoms with Crippen molar-refractivity contribution in [3.8, 4) is 11.4 Å². The first-order chi connectivity index (χ1) is 16.3. The molecule has 35 heavy (non-hydrogen) atoms. The zero-order chi connectivity index (χ0) is 25.9. The molecule has 0 saturated heterocycles. The first-order valence-corrected chi connectivity index (χ1v) is 11.8. The van der Waals surface area contributed by atoms with Crippen LogP contribution in [0.1, 0.15) is 78.8 Å². The molecule has 1 aliphatic rings. The summed E-state index contributed by atoms with van der Waals surface area (Å²) in [6.07, 6.45) is 0.130. The van der Waals surface area contributed by atoms with Gasteiger partial charge in [0.25, 0.3) is 0 Å². The molecule has 1 aromatic heterocycles. The lowest BCUT2D eigenvalue weighted by Gasteiger charge is -2.39. The first-order valence-electron chi connectivity index (χ1n) is 11.8. The number of carbonyl (C=O) groups is 3. The number of nitrogens with one attached hydrogen (secondary N) is 1. The van der Waals surface area contributed by atoms with E-state index in [1.807, 2.05) is 39.8 Å². The van der Waals surface area contributed by atoms with Crippen molar-refractivity contribution < 1.29 is 28.4 Å². The van der Waals surface area contributed by atoms with Crippen LogP contribution < -0.4 is 10.2 Å². The van der Waals surface area contributed by atoms with Gasteiger partial charge in [-0.3, -0.25) is 9.59 Å². The summed E-state index contributed by atoms with van der Waals surface area (Å²) in [6, 6.07) is 5.00. The topological polar surface area (TPSA) is 124 Å². The molecule has 0 saturated carbocycles. The molecule has 2 amide bonds. The fourth-order valence-corrected chi connectivity index (χ4v) is 4.09. The number of benzene rings is 1. The van der Waals surface area contributed by atoms with Crippen LogP contribution in [0, 0.1) is 0 Å². The number of carbonyl (C=O) groups excluding carboxylic acids is 3. The highest BCUT2D eigenvalue weighted by molar-refractivity contribution is 5.94. The second-order valence-corrected chi connectivity index (χ2v) is 10.00. The van der Waals surface area contributed by atoms with Gasteiger partial charge in [-0.15, -0.1) is 0 Å². The van der Waals surface area contributed by atoms with Gasteiger partial charge >= 0.3 is 12.1 Å². The van der Waals surface area contributed by atoms with E-state index in [0.29, 0.717) is 29.4 Å². The SMILES string of the molecule is CC(=O)N1c2ccc(-c3noc(CCC(=O)OC(C)(C)C)n3)cc2[C@H](NC(=O)OC(C)C)C[C@@H]1C. The van der Waals surface area contributed by atoms with E-state index in [2.05, 4.69) is 15.5 Å². The number of rotatable bonds is 6. The van der Waals surface area contributed by atoms with Crippen LogP contribution in [0.15, 0.2) is 22.7 Å². The highest BCUT2D eigenvalue weighted by Gasteiger charge is 2.34. The molecule has 2 atom stereocenters. The number of hydrogen-bond acceptors (Lipinski definition) is 8. The van der Waals surface area contributed by atoms with Crippen molar-refractivity contribution in [1.29, 1.82) is 0 Å². The van der Waals surface area contributed by atoms with Gasteiger partial charge in [-0.1, -0.05) is 5.16 Å². The van der Waals surface area contributed by atoms with E-state index in [4.69, 9.17) is 14.0 Å². The van der Waals surface area contributed by atoms with Crippen LogP contribution in [0.4, 0.5) is 10.5 Å². The zero-order valence-electron chi connectivity index (χ0n) is 21.4. The van der Waals surface area contributed by atoms with E-state index in [1.54, 1.807) is 24.8 Å². The number of aromatic nitrogens is 2. The second-order valence-electron chi connectivity index (χ2n) is 10.00. The molecule has 0 aliphatic carbocycles. The maximum absolute atomic E-state index is 12.4. The van der Waals surface area contributed by atoms with E-state index < -0.39 is 11.7 Å². The number of anilines is 1. The Balaban J connectivity index is 1.84. The minimum atomic E-state index is -0.558. The number of alkyl carbamates (subject to hydrolysis) is 1. The van der Waals surface area contributed by atoms with Gasteiger partial charge in [-0.2, -0.15) is 4.98 Å². The Bertz CT molecular complexity index is 1090. The molecule has 0 radical (unpaired) electrons.